The first-order chi connectivity index (χ1) is 11.9. The van der Waals surface area contributed by atoms with Crippen molar-refractivity contribution in [2.75, 3.05) is 0 Å². The van der Waals surface area contributed by atoms with Crippen LogP contribution in [0.3, 0.4) is 0 Å². The molecule has 5 nitrogen and oxygen atoms in total. The van der Waals surface area contributed by atoms with Crippen molar-refractivity contribution in [3.05, 3.63) is 76.3 Å². The van der Waals surface area contributed by atoms with Gasteiger partial charge in [0.05, 0.1) is 11.1 Å². The number of halogens is 2. The van der Waals surface area contributed by atoms with Gasteiger partial charge in [-0.3, -0.25) is 4.79 Å². The molecule has 0 saturated heterocycles. The van der Waals surface area contributed by atoms with E-state index in [1.54, 1.807) is 25.1 Å². The van der Waals surface area contributed by atoms with Crippen LogP contribution in [0.15, 0.2) is 59.4 Å². The smallest absolute Gasteiger partial charge is 0.392 e. The highest BCUT2D eigenvalue weighted by atomic mass is 35.5. The summed E-state index contributed by atoms with van der Waals surface area (Å²) in [4.78, 5) is 28.7. The van der Waals surface area contributed by atoms with E-state index >= 15 is 0 Å². The number of quaternary nitrogens is 1. The van der Waals surface area contributed by atoms with Gasteiger partial charge in [0.1, 0.15) is 12.0 Å². The normalized spacial score (nSPS) is 16.4. The van der Waals surface area contributed by atoms with Crippen molar-refractivity contribution in [1.82, 2.24) is 0 Å². The van der Waals surface area contributed by atoms with E-state index in [1.165, 1.54) is 30.5 Å². The molecule has 1 aliphatic heterocycles. The average molecular weight is 360 g/mol. The number of nitrogens with zero attached hydrogens (tertiary/aromatic N) is 1. The van der Waals surface area contributed by atoms with Gasteiger partial charge in [0.25, 0.3) is 0 Å². The number of aliphatic carboxylic acids is 1. The van der Waals surface area contributed by atoms with Gasteiger partial charge in [-0.25, -0.2) is 19.1 Å². The van der Waals surface area contributed by atoms with Crippen LogP contribution in [0.1, 0.15) is 22.8 Å². The predicted octanol–water partition coefficient (Wildman–Crippen LogP) is 2.58. The fourth-order valence-electron chi connectivity index (χ4n) is 2.70. The van der Waals surface area contributed by atoms with Crippen molar-refractivity contribution >= 4 is 34.9 Å². The Morgan fingerprint density at radius 2 is 1.88 bits per heavy atom. The molecule has 0 amide bonds. The first kappa shape index (κ1) is 17.0. The molecule has 1 aliphatic rings. The van der Waals surface area contributed by atoms with Crippen molar-refractivity contribution in [2.45, 2.75) is 6.92 Å². The molecule has 25 heavy (non-hydrogen) atoms. The Kier molecular flexibility index (Phi) is 4.48. The Bertz CT molecular complexity index is 953. The molecule has 1 unspecified atom stereocenters. The first-order valence-electron chi connectivity index (χ1n) is 7.35. The second-order valence-corrected chi connectivity index (χ2v) is 5.87. The topological polar surface area (TPSA) is 71.2 Å². The SMILES string of the molecule is CC1=NC=C(C(=O)O)[NH+]1c1ccc(Cl)cc1C(=O)c1ccccc1F. The Hall–Kier alpha value is -2.83. The zero-order chi connectivity index (χ0) is 18.1. The zero-order valence-corrected chi connectivity index (χ0v) is 13.8. The summed E-state index contributed by atoms with van der Waals surface area (Å²) in [6.45, 7) is 1.65. The van der Waals surface area contributed by atoms with E-state index in [0.717, 1.165) is 0 Å². The molecule has 0 fully saturated rings. The van der Waals surface area contributed by atoms with Gasteiger partial charge in [-0.05, 0) is 24.3 Å². The number of hydrogen-bond donors (Lipinski definition) is 2. The van der Waals surface area contributed by atoms with Gasteiger partial charge in [0.2, 0.25) is 17.3 Å². The van der Waals surface area contributed by atoms with Crippen LogP contribution in [0.2, 0.25) is 5.02 Å². The van der Waals surface area contributed by atoms with Crippen LogP contribution in [0, 0.1) is 5.82 Å². The first-order valence-corrected chi connectivity index (χ1v) is 7.72. The van der Waals surface area contributed by atoms with Crippen LogP contribution < -0.4 is 4.90 Å². The molecule has 7 heteroatoms. The molecule has 1 atom stereocenters. The average Bonchev–Trinajstić information content (AvgIpc) is 2.96. The molecule has 0 radical (unpaired) electrons. The van der Waals surface area contributed by atoms with Gasteiger partial charge in [0, 0.05) is 18.0 Å². The van der Waals surface area contributed by atoms with E-state index in [2.05, 4.69) is 4.99 Å². The molecule has 3 rings (SSSR count). The van der Waals surface area contributed by atoms with Crippen molar-refractivity contribution < 1.29 is 24.0 Å². The number of amidine groups is 1. The van der Waals surface area contributed by atoms with E-state index in [0.29, 0.717) is 16.4 Å². The summed E-state index contributed by atoms with van der Waals surface area (Å²) in [5.41, 5.74) is 0.337. The number of carbonyl (C=O) groups excluding carboxylic acids is 1. The number of rotatable bonds is 4. The van der Waals surface area contributed by atoms with E-state index < -0.39 is 17.6 Å². The van der Waals surface area contributed by atoms with Crippen LogP contribution in [0.25, 0.3) is 0 Å². The third-order valence-corrected chi connectivity index (χ3v) is 4.10. The van der Waals surface area contributed by atoms with Crippen molar-refractivity contribution in [2.24, 2.45) is 4.99 Å². The van der Waals surface area contributed by atoms with E-state index in [1.807, 2.05) is 0 Å². The Morgan fingerprint density at radius 3 is 2.56 bits per heavy atom. The molecule has 0 aliphatic carbocycles. The number of ketones is 1. The molecule has 0 aromatic heterocycles. The van der Waals surface area contributed by atoms with Gasteiger partial charge in [0.15, 0.2) is 5.69 Å². The number of carboxylic acid groups (broad SMARTS) is 1. The third kappa shape index (κ3) is 3.09. The van der Waals surface area contributed by atoms with Crippen LogP contribution >= 0.6 is 11.6 Å². The Balaban J connectivity index is 2.16. The quantitative estimate of drug-likeness (QED) is 0.824. The van der Waals surface area contributed by atoms with Gasteiger partial charge >= 0.3 is 5.97 Å². The summed E-state index contributed by atoms with van der Waals surface area (Å²) in [7, 11) is 0. The summed E-state index contributed by atoms with van der Waals surface area (Å²) >= 11 is 6.01. The van der Waals surface area contributed by atoms with Crippen LogP contribution in [-0.4, -0.2) is 22.7 Å². The highest BCUT2D eigenvalue weighted by Gasteiger charge is 2.35. The summed E-state index contributed by atoms with van der Waals surface area (Å²) in [5.74, 6) is -1.93. The lowest BCUT2D eigenvalue weighted by Crippen LogP contribution is -3.07. The predicted molar refractivity (Wildman–Crippen MR) is 90.7 cm³/mol. The molecule has 0 spiro atoms. The number of nitrogens with one attached hydrogen (secondary N) is 1. The lowest BCUT2D eigenvalue weighted by molar-refractivity contribution is -0.677. The van der Waals surface area contributed by atoms with Gasteiger partial charge < -0.3 is 5.11 Å². The standard InChI is InChI=1S/C18H12ClFN2O3/c1-10-21-9-16(18(24)25)22(10)15-7-6-11(19)8-13(15)17(23)12-4-2-3-5-14(12)20/h2-9H,1H3,(H,24,25)/p+1. The molecule has 126 valence electrons. The van der Waals surface area contributed by atoms with Crippen LogP contribution in [-0.2, 0) is 4.79 Å². The summed E-state index contributed by atoms with van der Waals surface area (Å²) < 4.78 is 14.0. The number of benzene rings is 2. The Morgan fingerprint density at radius 1 is 1.16 bits per heavy atom. The van der Waals surface area contributed by atoms with Gasteiger partial charge in [-0.15, -0.1) is 0 Å². The van der Waals surface area contributed by atoms with Crippen LogP contribution in [0.4, 0.5) is 10.1 Å². The molecule has 0 bridgehead atoms. The van der Waals surface area contributed by atoms with E-state index in [-0.39, 0.29) is 21.8 Å². The second kappa shape index (κ2) is 6.58. The van der Waals surface area contributed by atoms with Crippen molar-refractivity contribution in [3.8, 4) is 0 Å². The van der Waals surface area contributed by atoms with Crippen LogP contribution in [0.5, 0.6) is 0 Å². The maximum atomic E-state index is 14.0. The number of hydrogen-bond acceptors (Lipinski definition) is 3. The van der Waals surface area contributed by atoms with Gasteiger partial charge in [-0.2, -0.15) is 0 Å². The summed E-state index contributed by atoms with van der Waals surface area (Å²) in [6.07, 6.45) is 1.24. The number of aliphatic imine (C=N–C) groups is 1. The molecule has 0 saturated carbocycles. The maximum absolute atomic E-state index is 14.0. The van der Waals surface area contributed by atoms with Gasteiger partial charge in [-0.1, -0.05) is 23.7 Å². The second-order valence-electron chi connectivity index (χ2n) is 5.44. The Labute approximate surface area is 147 Å². The highest BCUT2D eigenvalue weighted by molar-refractivity contribution is 6.31. The molecule has 2 aromatic rings. The van der Waals surface area contributed by atoms with Crippen molar-refractivity contribution in [3.63, 3.8) is 0 Å². The lowest BCUT2D eigenvalue weighted by Gasteiger charge is -2.17. The largest absolute Gasteiger partial charge is 0.474 e. The maximum Gasteiger partial charge on any atom is 0.392 e. The molecular weight excluding hydrogens is 347 g/mol. The molecule has 2 N–H and O–H groups in total. The fourth-order valence-corrected chi connectivity index (χ4v) is 2.87. The summed E-state index contributed by atoms with van der Waals surface area (Å²) in [5, 5.41) is 9.66. The number of carboxylic acids is 1. The molecule has 2 aromatic carbocycles. The minimum absolute atomic E-state index is 0.0255. The van der Waals surface area contributed by atoms with Crippen molar-refractivity contribution in [1.29, 1.82) is 0 Å². The summed E-state index contributed by atoms with van der Waals surface area (Å²) in [6, 6.07) is 10.1. The monoisotopic (exact) mass is 359 g/mol. The lowest BCUT2D eigenvalue weighted by atomic mass is 10.00. The number of carbonyl (C=O) groups is 2. The molecule has 1 heterocycles. The van der Waals surface area contributed by atoms with E-state index in [4.69, 9.17) is 11.6 Å². The van der Waals surface area contributed by atoms with E-state index in [9.17, 15) is 19.1 Å². The third-order valence-electron chi connectivity index (χ3n) is 3.86. The minimum Gasteiger partial charge on any atom is -0.474 e. The fraction of sp³-hybridized carbons (Fsp3) is 0.0556. The highest BCUT2D eigenvalue weighted by Crippen LogP contribution is 2.23. The minimum atomic E-state index is -1.16. The zero-order valence-electron chi connectivity index (χ0n) is 13.1. The molecular formula is C18H13ClFN2O3+.